The summed E-state index contributed by atoms with van der Waals surface area (Å²) in [6, 6.07) is 9.02. The van der Waals surface area contributed by atoms with Gasteiger partial charge in [0.1, 0.15) is 5.92 Å². The van der Waals surface area contributed by atoms with Gasteiger partial charge in [0, 0.05) is 13.2 Å². The summed E-state index contributed by atoms with van der Waals surface area (Å²) < 4.78 is 5.58. The summed E-state index contributed by atoms with van der Waals surface area (Å²) in [7, 11) is 0. The number of amides is 1. The van der Waals surface area contributed by atoms with Gasteiger partial charge in [-0.1, -0.05) is 35.5 Å². The number of amidine groups is 1. The van der Waals surface area contributed by atoms with E-state index in [1.54, 1.807) is 12.1 Å². The van der Waals surface area contributed by atoms with Gasteiger partial charge in [0.15, 0.2) is 5.84 Å². The predicted octanol–water partition coefficient (Wildman–Crippen LogP) is 1.20. The largest absolute Gasteiger partial charge is 0.409 e. The molecule has 0 aromatic heterocycles. The molecular formula is C15H21N3O3. The number of nitrogens with two attached hydrogens (primary N) is 1. The molecule has 0 aliphatic carbocycles. The van der Waals surface area contributed by atoms with Crippen molar-refractivity contribution < 1.29 is 14.7 Å². The molecule has 0 saturated carbocycles. The Morgan fingerprint density at radius 1 is 1.43 bits per heavy atom. The summed E-state index contributed by atoms with van der Waals surface area (Å²) in [5.41, 5.74) is 6.36. The summed E-state index contributed by atoms with van der Waals surface area (Å²) in [5, 5.41) is 14.7. The fourth-order valence-corrected chi connectivity index (χ4v) is 2.44. The molecule has 2 rings (SSSR count). The molecule has 4 N–H and O–H groups in total. The quantitative estimate of drug-likeness (QED) is 0.329. The molecule has 114 valence electrons. The number of carbonyl (C=O) groups is 1. The van der Waals surface area contributed by atoms with Crippen LogP contribution in [0.3, 0.4) is 0 Å². The molecule has 1 fully saturated rings. The molecule has 2 unspecified atom stereocenters. The van der Waals surface area contributed by atoms with Crippen molar-refractivity contribution in [3.8, 4) is 0 Å². The lowest BCUT2D eigenvalue weighted by Gasteiger charge is -2.24. The standard InChI is InChI=1S/C15H21N3O3/c16-14(18-20)13(11-6-2-1-3-7-11)15(19)17-10-12-8-4-5-9-21-12/h1-3,6-7,12-13,20H,4-5,8-10H2,(H2,16,18)(H,17,19). The van der Waals surface area contributed by atoms with E-state index < -0.39 is 5.92 Å². The van der Waals surface area contributed by atoms with Crippen LogP contribution in [0.4, 0.5) is 0 Å². The van der Waals surface area contributed by atoms with Crippen molar-refractivity contribution in [2.75, 3.05) is 13.2 Å². The van der Waals surface area contributed by atoms with Gasteiger partial charge in [0.05, 0.1) is 6.10 Å². The number of nitrogens with one attached hydrogen (secondary N) is 1. The van der Waals surface area contributed by atoms with Crippen molar-refractivity contribution in [3.63, 3.8) is 0 Å². The van der Waals surface area contributed by atoms with Gasteiger partial charge in [0.25, 0.3) is 0 Å². The molecule has 1 aromatic rings. The second kappa shape index (κ2) is 7.64. The smallest absolute Gasteiger partial charge is 0.235 e. The molecule has 1 aromatic carbocycles. The Labute approximate surface area is 124 Å². The highest BCUT2D eigenvalue weighted by atomic mass is 16.5. The average Bonchev–Trinajstić information content (AvgIpc) is 2.55. The van der Waals surface area contributed by atoms with Crippen LogP contribution in [0, 0.1) is 0 Å². The van der Waals surface area contributed by atoms with Gasteiger partial charge in [-0.25, -0.2) is 0 Å². The Bertz CT molecular complexity index is 484. The maximum absolute atomic E-state index is 12.3. The monoisotopic (exact) mass is 291 g/mol. The van der Waals surface area contributed by atoms with Crippen molar-refractivity contribution in [3.05, 3.63) is 35.9 Å². The number of oxime groups is 1. The number of hydrogen-bond donors (Lipinski definition) is 3. The number of ether oxygens (including phenoxy) is 1. The second-order valence-corrected chi connectivity index (χ2v) is 5.10. The lowest BCUT2D eigenvalue weighted by molar-refractivity contribution is -0.122. The van der Waals surface area contributed by atoms with Crippen LogP contribution in [0.2, 0.25) is 0 Å². The van der Waals surface area contributed by atoms with Gasteiger partial charge in [-0.05, 0) is 24.8 Å². The number of hydrogen-bond acceptors (Lipinski definition) is 4. The second-order valence-electron chi connectivity index (χ2n) is 5.10. The third kappa shape index (κ3) is 4.19. The van der Waals surface area contributed by atoms with E-state index in [0.717, 1.165) is 25.9 Å². The summed E-state index contributed by atoms with van der Waals surface area (Å²) in [4.78, 5) is 12.3. The molecule has 1 aliphatic heterocycles. The van der Waals surface area contributed by atoms with Crippen molar-refractivity contribution >= 4 is 11.7 Å². The maximum Gasteiger partial charge on any atom is 0.235 e. The van der Waals surface area contributed by atoms with E-state index in [4.69, 9.17) is 15.7 Å². The fourth-order valence-electron chi connectivity index (χ4n) is 2.44. The first-order valence-corrected chi connectivity index (χ1v) is 7.14. The highest BCUT2D eigenvalue weighted by Crippen LogP contribution is 2.17. The van der Waals surface area contributed by atoms with Crippen molar-refractivity contribution in [1.29, 1.82) is 0 Å². The Morgan fingerprint density at radius 3 is 2.81 bits per heavy atom. The fraction of sp³-hybridized carbons (Fsp3) is 0.467. The number of rotatable bonds is 5. The van der Waals surface area contributed by atoms with E-state index in [1.807, 2.05) is 18.2 Å². The van der Waals surface area contributed by atoms with Crippen LogP contribution < -0.4 is 11.1 Å². The summed E-state index contributed by atoms with van der Waals surface area (Å²) in [6.45, 7) is 1.18. The van der Waals surface area contributed by atoms with E-state index in [0.29, 0.717) is 12.1 Å². The van der Waals surface area contributed by atoms with Crippen LogP contribution in [0.15, 0.2) is 35.5 Å². The minimum absolute atomic E-state index is 0.0476. The molecule has 6 nitrogen and oxygen atoms in total. The third-order valence-electron chi connectivity index (χ3n) is 3.58. The molecule has 1 heterocycles. The van der Waals surface area contributed by atoms with E-state index in [-0.39, 0.29) is 17.8 Å². The van der Waals surface area contributed by atoms with Gasteiger partial charge < -0.3 is 21.0 Å². The van der Waals surface area contributed by atoms with Crippen LogP contribution >= 0.6 is 0 Å². The molecule has 6 heteroatoms. The van der Waals surface area contributed by atoms with Crippen LogP contribution in [-0.4, -0.2) is 36.2 Å². The van der Waals surface area contributed by atoms with Crippen molar-refractivity contribution in [1.82, 2.24) is 5.32 Å². The van der Waals surface area contributed by atoms with Crippen LogP contribution in [-0.2, 0) is 9.53 Å². The molecular weight excluding hydrogens is 270 g/mol. The highest BCUT2D eigenvalue weighted by Gasteiger charge is 2.26. The minimum atomic E-state index is -0.792. The number of benzene rings is 1. The van der Waals surface area contributed by atoms with E-state index >= 15 is 0 Å². The van der Waals surface area contributed by atoms with Gasteiger partial charge >= 0.3 is 0 Å². The Hall–Kier alpha value is -2.08. The lowest BCUT2D eigenvalue weighted by atomic mass is 9.97. The lowest BCUT2D eigenvalue weighted by Crippen LogP contribution is -2.41. The molecule has 0 spiro atoms. The average molecular weight is 291 g/mol. The molecule has 0 radical (unpaired) electrons. The Balaban J connectivity index is 2.01. The molecule has 21 heavy (non-hydrogen) atoms. The summed E-state index contributed by atoms with van der Waals surface area (Å²) >= 11 is 0. The van der Waals surface area contributed by atoms with E-state index in [2.05, 4.69) is 10.5 Å². The molecule has 0 bridgehead atoms. The van der Waals surface area contributed by atoms with Gasteiger partial charge in [-0.2, -0.15) is 0 Å². The first-order valence-electron chi connectivity index (χ1n) is 7.14. The topological polar surface area (TPSA) is 96.9 Å². The molecule has 1 aliphatic rings. The molecule has 1 saturated heterocycles. The molecule has 2 atom stereocenters. The highest BCUT2D eigenvalue weighted by molar-refractivity contribution is 6.07. The zero-order valence-corrected chi connectivity index (χ0v) is 11.9. The van der Waals surface area contributed by atoms with Crippen molar-refractivity contribution in [2.24, 2.45) is 10.9 Å². The molecule has 1 amide bonds. The van der Waals surface area contributed by atoms with Crippen LogP contribution in [0.5, 0.6) is 0 Å². The predicted molar refractivity (Wildman–Crippen MR) is 79.2 cm³/mol. The maximum atomic E-state index is 12.3. The van der Waals surface area contributed by atoms with Gasteiger partial charge in [-0.15, -0.1) is 0 Å². The summed E-state index contributed by atoms with van der Waals surface area (Å²) in [6.07, 6.45) is 3.18. The Morgan fingerprint density at radius 2 is 2.19 bits per heavy atom. The zero-order chi connectivity index (χ0) is 15.1. The number of carbonyl (C=O) groups excluding carboxylic acids is 1. The number of nitrogens with zero attached hydrogens (tertiary/aromatic N) is 1. The Kier molecular flexibility index (Phi) is 5.57. The first-order chi connectivity index (χ1) is 10.2. The summed E-state index contributed by atoms with van der Waals surface area (Å²) in [5.74, 6) is -1.20. The minimum Gasteiger partial charge on any atom is -0.409 e. The third-order valence-corrected chi connectivity index (χ3v) is 3.58. The SMILES string of the molecule is NC(=NO)C(C(=O)NCC1CCCCO1)c1ccccc1. The van der Waals surface area contributed by atoms with Crippen LogP contribution in [0.1, 0.15) is 30.7 Å². The van der Waals surface area contributed by atoms with E-state index in [9.17, 15) is 4.79 Å². The van der Waals surface area contributed by atoms with Crippen LogP contribution in [0.25, 0.3) is 0 Å². The van der Waals surface area contributed by atoms with Crippen molar-refractivity contribution in [2.45, 2.75) is 31.3 Å². The van der Waals surface area contributed by atoms with Gasteiger partial charge in [-0.3, -0.25) is 4.79 Å². The van der Waals surface area contributed by atoms with E-state index in [1.165, 1.54) is 0 Å². The zero-order valence-electron chi connectivity index (χ0n) is 11.9. The first kappa shape index (κ1) is 15.3. The normalized spacial score (nSPS) is 20.8. The van der Waals surface area contributed by atoms with Gasteiger partial charge in [0.2, 0.25) is 5.91 Å².